The highest BCUT2D eigenvalue weighted by Gasteiger charge is 2.25. The van der Waals surface area contributed by atoms with Crippen LogP contribution in [0.15, 0.2) is 0 Å². The molecule has 5 nitrogen and oxygen atoms in total. The minimum Gasteiger partial charge on any atom is -0.368 e. The highest BCUT2D eigenvalue weighted by atomic mass is 32.1. The molecule has 2 heterocycles. The SMILES string of the molecule is O=C(Nc1nnc(C2CCCCC2)s1)[C@@H]1CCCO1. The molecule has 1 saturated heterocycles. The summed E-state index contributed by atoms with van der Waals surface area (Å²) >= 11 is 1.52. The summed E-state index contributed by atoms with van der Waals surface area (Å²) in [6.45, 7) is 0.682. The van der Waals surface area contributed by atoms with Gasteiger partial charge in [-0.1, -0.05) is 30.6 Å². The molecule has 0 bridgehead atoms. The molecule has 1 amide bonds. The lowest BCUT2D eigenvalue weighted by molar-refractivity contribution is -0.124. The number of carbonyl (C=O) groups excluding carboxylic acids is 1. The average Bonchev–Trinajstić information content (AvgIpc) is 3.11. The fourth-order valence-electron chi connectivity index (χ4n) is 2.77. The summed E-state index contributed by atoms with van der Waals surface area (Å²) in [5, 5.41) is 12.8. The van der Waals surface area contributed by atoms with Crippen LogP contribution in [0.2, 0.25) is 0 Å². The molecule has 19 heavy (non-hydrogen) atoms. The van der Waals surface area contributed by atoms with Crippen molar-refractivity contribution in [1.82, 2.24) is 10.2 Å². The molecule has 0 aromatic carbocycles. The fraction of sp³-hybridized carbons (Fsp3) is 0.769. The third-order valence-electron chi connectivity index (χ3n) is 3.85. The third kappa shape index (κ3) is 3.12. The van der Waals surface area contributed by atoms with Crippen molar-refractivity contribution in [2.45, 2.75) is 57.0 Å². The quantitative estimate of drug-likeness (QED) is 0.925. The van der Waals surface area contributed by atoms with Gasteiger partial charge in [0.15, 0.2) is 0 Å². The first kappa shape index (κ1) is 13.0. The second-order valence-electron chi connectivity index (χ2n) is 5.27. The Morgan fingerprint density at radius 3 is 2.74 bits per heavy atom. The van der Waals surface area contributed by atoms with Gasteiger partial charge in [-0.05, 0) is 25.7 Å². The number of nitrogens with zero attached hydrogens (tertiary/aromatic N) is 2. The van der Waals surface area contributed by atoms with Gasteiger partial charge < -0.3 is 4.74 Å². The van der Waals surface area contributed by atoms with Gasteiger partial charge in [-0.3, -0.25) is 10.1 Å². The van der Waals surface area contributed by atoms with Crippen molar-refractivity contribution in [3.8, 4) is 0 Å². The number of amides is 1. The Balaban J connectivity index is 1.59. The van der Waals surface area contributed by atoms with Crippen molar-refractivity contribution in [2.24, 2.45) is 0 Å². The normalized spacial score (nSPS) is 24.5. The molecule has 0 unspecified atom stereocenters. The number of hydrogen-bond acceptors (Lipinski definition) is 5. The molecule has 1 aromatic heterocycles. The van der Waals surface area contributed by atoms with Crippen LogP contribution in [-0.2, 0) is 9.53 Å². The number of ether oxygens (including phenoxy) is 1. The number of hydrogen-bond donors (Lipinski definition) is 1. The lowest BCUT2D eigenvalue weighted by Crippen LogP contribution is -2.26. The Labute approximate surface area is 116 Å². The minimum atomic E-state index is -0.304. The van der Waals surface area contributed by atoms with E-state index >= 15 is 0 Å². The minimum absolute atomic E-state index is 0.0798. The molecule has 6 heteroatoms. The van der Waals surface area contributed by atoms with Gasteiger partial charge in [0.25, 0.3) is 5.91 Å². The fourth-order valence-corrected chi connectivity index (χ4v) is 3.69. The zero-order valence-electron chi connectivity index (χ0n) is 10.9. The maximum Gasteiger partial charge on any atom is 0.255 e. The molecule has 1 atom stereocenters. The lowest BCUT2D eigenvalue weighted by Gasteiger charge is -2.18. The van der Waals surface area contributed by atoms with Crippen molar-refractivity contribution in [2.75, 3.05) is 11.9 Å². The van der Waals surface area contributed by atoms with Crippen LogP contribution in [0.3, 0.4) is 0 Å². The van der Waals surface area contributed by atoms with Crippen LogP contribution in [0.25, 0.3) is 0 Å². The molecule has 1 aromatic rings. The van der Waals surface area contributed by atoms with E-state index in [0.717, 1.165) is 17.8 Å². The van der Waals surface area contributed by atoms with E-state index in [-0.39, 0.29) is 12.0 Å². The van der Waals surface area contributed by atoms with E-state index in [1.165, 1.54) is 43.4 Å². The third-order valence-corrected chi connectivity index (χ3v) is 4.85. The zero-order valence-corrected chi connectivity index (χ0v) is 11.7. The summed E-state index contributed by atoms with van der Waals surface area (Å²) in [7, 11) is 0. The highest BCUT2D eigenvalue weighted by molar-refractivity contribution is 7.15. The first-order chi connectivity index (χ1) is 9.33. The summed E-state index contributed by atoms with van der Waals surface area (Å²) in [6, 6.07) is 0. The Morgan fingerprint density at radius 2 is 2.00 bits per heavy atom. The molecule has 1 N–H and O–H groups in total. The molecule has 2 fully saturated rings. The Morgan fingerprint density at radius 1 is 1.16 bits per heavy atom. The van der Waals surface area contributed by atoms with Gasteiger partial charge >= 0.3 is 0 Å². The molecular formula is C13H19N3O2S. The van der Waals surface area contributed by atoms with E-state index in [0.29, 0.717) is 17.7 Å². The van der Waals surface area contributed by atoms with Crippen LogP contribution in [0.1, 0.15) is 55.9 Å². The largest absolute Gasteiger partial charge is 0.368 e. The summed E-state index contributed by atoms with van der Waals surface area (Å²) in [5.74, 6) is 0.462. The number of rotatable bonds is 3. The van der Waals surface area contributed by atoms with Gasteiger partial charge in [0.2, 0.25) is 5.13 Å². The van der Waals surface area contributed by atoms with E-state index in [9.17, 15) is 4.79 Å². The smallest absolute Gasteiger partial charge is 0.255 e. The maximum atomic E-state index is 11.9. The van der Waals surface area contributed by atoms with Crippen LogP contribution >= 0.6 is 11.3 Å². The van der Waals surface area contributed by atoms with E-state index in [1.807, 2.05) is 0 Å². The van der Waals surface area contributed by atoms with Crippen LogP contribution in [0.4, 0.5) is 5.13 Å². The predicted molar refractivity (Wildman–Crippen MR) is 73.3 cm³/mol. The molecule has 2 aliphatic rings. The molecule has 1 aliphatic carbocycles. The van der Waals surface area contributed by atoms with Crippen LogP contribution in [0.5, 0.6) is 0 Å². The summed E-state index contributed by atoms with van der Waals surface area (Å²) < 4.78 is 5.35. The van der Waals surface area contributed by atoms with Crippen molar-refractivity contribution in [3.05, 3.63) is 5.01 Å². The summed E-state index contributed by atoms with van der Waals surface area (Å²) in [5.41, 5.74) is 0. The molecule has 1 aliphatic heterocycles. The van der Waals surface area contributed by atoms with Crippen molar-refractivity contribution < 1.29 is 9.53 Å². The maximum absolute atomic E-state index is 11.9. The topological polar surface area (TPSA) is 64.1 Å². The van der Waals surface area contributed by atoms with Crippen LogP contribution in [-0.4, -0.2) is 28.8 Å². The van der Waals surface area contributed by atoms with Crippen LogP contribution in [0, 0.1) is 0 Å². The first-order valence-corrected chi connectivity index (χ1v) is 7.90. The zero-order chi connectivity index (χ0) is 13.1. The Hall–Kier alpha value is -1.01. The number of anilines is 1. The average molecular weight is 281 g/mol. The molecule has 104 valence electrons. The summed E-state index contributed by atoms with van der Waals surface area (Å²) in [6.07, 6.45) is 7.76. The van der Waals surface area contributed by atoms with E-state index in [2.05, 4.69) is 15.5 Å². The summed E-state index contributed by atoms with van der Waals surface area (Å²) in [4.78, 5) is 11.9. The number of aromatic nitrogens is 2. The van der Waals surface area contributed by atoms with Gasteiger partial charge in [0, 0.05) is 12.5 Å². The van der Waals surface area contributed by atoms with Crippen molar-refractivity contribution >= 4 is 22.4 Å². The first-order valence-electron chi connectivity index (χ1n) is 7.09. The number of carbonyl (C=O) groups is 1. The Kier molecular flexibility index (Phi) is 4.08. The molecule has 1 saturated carbocycles. The van der Waals surface area contributed by atoms with E-state index < -0.39 is 0 Å². The molecule has 0 spiro atoms. The molecular weight excluding hydrogens is 262 g/mol. The van der Waals surface area contributed by atoms with E-state index in [4.69, 9.17) is 4.74 Å². The van der Waals surface area contributed by atoms with Gasteiger partial charge in [-0.2, -0.15) is 0 Å². The highest BCUT2D eigenvalue weighted by Crippen LogP contribution is 2.35. The standard InChI is InChI=1S/C13H19N3O2S/c17-11(10-7-4-8-18-10)14-13-16-15-12(19-13)9-5-2-1-3-6-9/h9-10H,1-8H2,(H,14,16,17)/t10-/m0/s1. The van der Waals surface area contributed by atoms with Gasteiger partial charge in [-0.25, -0.2) is 0 Å². The van der Waals surface area contributed by atoms with Crippen molar-refractivity contribution in [1.29, 1.82) is 0 Å². The Bertz CT molecular complexity index is 437. The van der Waals surface area contributed by atoms with Gasteiger partial charge in [0.05, 0.1) is 0 Å². The van der Waals surface area contributed by atoms with Crippen molar-refractivity contribution in [3.63, 3.8) is 0 Å². The van der Waals surface area contributed by atoms with E-state index in [1.54, 1.807) is 0 Å². The van der Waals surface area contributed by atoms with Crippen LogP contribution < -0.4 is 5.32 Å². The second-order valence-corrected chi connectivity index (χ2v) is 6.28. The monoisotopic (exact) mass is 281 g/mol. The molecule has 0 radical (unpaired) electrons. The molecule has 3 rings (SSSR count). The number of nitrogens with one attached hydrogen (secondary N) is 1. The van der Waals surface area contributed by atoms with Gasteiger partial charge in [0.1, 0.15) is 11.1 Å². The second kappa shape index (κ2) is 5.96. The lowest BCUT2D eigenvalue weighted by atomic mass is 9.90. The van der Waals surface area contributed by atoms with Gasteiger partial charge in [-0.15, -0.1) is 10.2 Å². The predicted octanol–water partition coefficient (Wildman–Crippen LogP) is 2.70.